The molecule has 0 radical (unpaired) electrons. The topological polar surface area (TPSA) is 59.9 Å². The summed E-state index contributed by atoms with van der Waals surface area (Å²) < 4.78 is 7.23. The second-order valence-corrected chi connectivity index (χ2v) is 8.10. The van der Waals surface area contributed by atoms with Crippen molar-refractivity contribution < 1.29 is 4.74 Å². The van der Waals surface area contributed by atoms with Gasteiger partial charge < -0.3 is 9.72 Å². The zero-order valence-electron chi connectivity index (χ0n) is 16.2. The predicted molar refractivity (Wildman–Crippen MR) is 116 cm³/mol. The maximum atomic E-state index is 13.4. The first kappa shape index (κ1) is 18.6. The molecule has 0 spiro atoms. The number of nitrogens with zero attached hydrogens (tertiary/aromatic N) is 2. The minimum atomic E-state index is -0.0869. The van der Waals surface area contributed by atoms with Crippen molar-refractivity contribution in [2.24, 2.45) is 0 Å². The minimum absolute atomic E-state index is 0.0869. The van der Waals surface area contributed by atoms with Crippen LogP contribution in [0, 0.1) is 0 Å². The number of rotatable bonds is 6. The average molecular weight is 394 g/mol. The van der Waals surface area contributed by atoms with E-state index >= 15 is 0 Å². The van der Waals surface area contributed by atoms with E-state index in [0.717, 1.165) is 34.3 Å². The maximum absolute atomic E-state index is 13.4. The van der Waals surface area contributed by atoms with Crippen LogP contribution < -0.4 is 10.3 Å². The lowest BCUT2D eigenvalue weighted by atomic mass is 10.2. The lowest BCUT2D eigenvalue weighted by molar-refractivity contribution is 0.340. The average Bonchev–Trinajstić information content (AvgIpc) is 3.08. The Balaban J connectivity index is 1.96. The molecule has 1 atom stereocenters. The summed E-state index contributed by atoms with van der Waals surface area (Å²) in [4.78, 5) is 21.6. The highest BCUT2D eigenvalue weighted by Crippen LogP contribution is 2.29. The van der Waals surface area contributed by atoms with E-state index in [0.29, 0.717) is 22.5 Å². The molecule has 2 aromatic carbocycles. The van der Waals surface area contributed by atoms with Gasteiger partial charge in [0, 0.05) is 16.2 Å². The molecule has 144 valence electrons. The quantitative estimate of drug-likeness (QED) is 0.363. The Bertz CT molecular complexity index is 1180. The molecule has 4 rings (SSSR count). The lowest BCUT2D eigenvalue weighted by Crippen LogP contribution is -2.22. The van der Waals surface area contributed by atoms with Crippen molar-refractivity contribution in [2.75, 3.05) is 6.61 Å². The van der Waals surface area contributed by atoms with Gasteiger partial charge in [0.05, 0.1) is 12.3 Å². The fraction of sp³-hybridized carbons (Fsp3) is 0.273. The van der Waals surface area contributed by atoms with Gasteiger partial charge in [-0.2, -0.15) is 0 Å². The number of aromatic nitrogens is 3. The van der Waals surface area contributed by atoms with Crippen LogP contribution in [0.5, 0.6) is 5.75 Å². The first-order valence-electron chi connectivity index (χ1n) is 9.55. The van der Waals surface area contributed by atoms with E-state index in [1.807, 2.05) is 55.5 Å². The predicted octanol–water partition coefficient (Wildman–Crippen LogP) is 5.16. The third-order valence-electron chi connectivity index (χ3n) is 4.78. The van der Waals surface area contributed by atoms with E-state index in [9.17, 15) is 4.79 Å². The van der Waals surface area contributed by atoms with Crippen molar-refractivity contribution in [1.82, 2.24) is 14.5 Å². The van der Waals surface area contributed by atoms with Gasteiger partial charge in [0.1, 0.15) is 16.8 Å². The second-order valence-electron chi connectivity index (χ2n) is 6.69. The number of hydrogen-bond acceptors (Lipinski definition) is 4. The Morgan fingerprint density at radius 2 is 1.89 bits per heavy atom. The van der Waals surface area contributed by atoms with Crippen LogP contribution in [0.15, 0.2) is 58.5 Å². The monoisotopic (exact) mass is 393 g/mol. The van der Waals surface area contributed by atoms with Crippen LogP contribution in [0.2, 0.25) is 0 Å². The fourth-order valence-corrected chi connectivity index (χ4v) is 4.13. The number of H-pyrrole nitrogens is 1. The highest BCUT2D eigenvalue weighted by molar-refractivity contribution is 7.99. The summed E-state index contributed by atoms with van der Waals surface area (Å²) in [5.74, 6) is 0.787. The Morgan fingerprint density at radius 3 is 2.61 bits per heavy atom. The number of ether oxygens (including phenoxy) is 1. The molecule has 0 bridgehead atoms. The molecular formula is C22H23N3O2S. The molecule has 0 aliphatic rings. The van der Waals surface area contributed by atoms with Crippen LogP contribution in [0.1, 0.15) is 27.2 Å². The summed E-state index contributed by atoms with van der Waals surface area (Å²) in [5, 5.41) is 2.03. The molecule has 1 N–H and O–H groups in total. The number of hydrogen-bond donors (Lipinski definition) is 1. The minimum Gasteiger partial charge on any atom is -0.494 e. The number of thioether (sulfide) groups is 1. The van der Waals surface area contributed by atoms with E-state index < -0.39 is 0 Å². The van der Waals surface area contributed by atoms with Crippen LogP contribution in [0.3, 0.4) is 0 Å². The SMILES string of the molecule is CCOc1ccc(-n2c(S[C@H](C)CC)nc3c([nH]c4ccccc43)c2=O)cc1. The number of para-hydroxylation sites is 1. The van der Waals surface area contributed by atoms with Gasteiger partial charge in [0.15, 0.2) is 5.16 Å². The Labute approximate surface area is 167 Å². The smallest absolute Gasteiger partial charge is 0.283 e. The molecule has 2 heterocycles. The Kier molecular flexibility index (Phi) is 5.13. The van der Waals surface area contributed by atoms with Crippen molar-refractivity contribution in [3.05, 3.63) is 58.9 Å². The zero-order valence-corrected chi connectivity index (χ0v) is 17.0. The molecule has 0 saturated carbocycles. The van der Waals surface area contributed by atoms with E-state index in [2.05, 4.69) is 18.8 Å². The summed E-state index contributed by atoms with van der Waals surface area (Å²) >= 11 is 1.63. The van der Waals surface area contributed by atoms with Crippen molar-refractivity contribution in [1.29, 1.82) is 0 Å². The Morgan fingerprint density at radius 1 is 1.14 bits per heavy atom. The van der Waals surface area contributed by atoms with E-state index in [-0.39, 0.29) is 5.56 Å². The van der Waals surface area contributed by atoms with Crippen LogP contribution in [-0.2, 0) is 0 Å². The number of benzene rings is 2. The molecular weight excluding hydrogens is 370 g/mol. The standard InChI is InChI=1S/C22H23N3O2S/c1-4-14(3)28-22-24-19-17-8-6-7-9-18(17)23-20(19)21(26)25(22)15-10-12-16(13-11-15)27-5-2/h6-14,23H,4-5H2,1-3H3/t14-/m1/s1. The van der Waals surface area contributed by atoms with Crippen LogP contribution in [0.4, 0.5) is 0 Å². The molecule has 0 saturated heterocycles. The van der Waals surface area contributed by atoms with Crippen LogP contribution >= 0.6 is 11.8 Å². The van der Waals surface area contributed by atoms with Crippen molar-refractivity contribution in [3.63, 3.8) is 0 Å². The molecule has 0 amide bonds. The maximum Gasteiger partial charge on any atom is 0.283 e. The number of fused-ring (bicyclic) bond motifs is 3. The van der Waals surface area contributed by atoms with E-state index in [1.54, 1.807) is 16.3 Å². The Hall–Kier alpha value is -2.73. The van der Waals surface area contributed by atoms with Gasteiger partial charge in [0.25, 0.3) is 5.56 Å². The molecule has 28 heavy (non-hydrogen) atoms. The fourth-order valence-electron chi connectivity index (χ4n) is 3.17. The van der Waals surface area contributed by atoms with E-state index in [1.165, 1.54) is 0 Å². The van der Waals surface area contributed by atoms with Gasteiger partial charge in [-0.1, -0.05) is 43.8 Å². The molecule has 0 aliphatic heterocycles. The molecule has 6 heteroatoms. The molecule has 4 aromatic rings. The van der Waals surface area contributed by atoms with Crippen LogP contribution in [-0.4, -0.2) is 26.4 Å². The number of nitrogens with one attached hydrogen (secondary N) is 1. The number of aromatic amines is 1. The normalized spacial score (nSPS) is 12.5. The zero-order chi connectivity index (χ0) is 19.7. The summed E-state index contributed by atoms with van der Waals surface area (Å²) in [6.07, 6.45) is 0.996. The third-order valence-corrected chi connectivity index (χ3v) is 6.00. The van der Waals surface area contributed by atoms with Gasteiger partial charge in [-0.3, -0.25) is 9.36 Å². The van der Waals surface area contributed by atoms with Gasteiger partial charge in [-0.25, -0.2) is 4.98 Å². The molecule has 0 fully saturated rings. The van der Waals surface area contributed by atoms with Gasteiger partial charge in [-0.05, 0) is 43.7 Å². The molecule has 2 aromatic heterocycles. The summed E-state index contributed by atoms with van der Waals surface area (Å²) in [5.41, 5.74) is 2.88. The van der Waals surface area contributed by atoms with Crippen molar-refractivity contribution >= 4 is 33.7 Å². The van der Waals surface area contributed by atoms with Gasteiger partial charge in [0.2, 0.25) is 0 Å². The second kappa shape index (κ2) is 7.72. The van der Waals surface area contributed by atoms with Crippen molar-refractivity contribution in [2.45, 2.75) is 37.6 Å². The highest BCUT2D eigenvalue weighted by Gasteiger charge is 2.18. The third kappa shape index (κ3) is 3.29. The lowest BCUT2D eigenvalue weighted by Gasteiger charge is -2.15. The van der Waals surface area contributed by atoms with Crippen molar-refractivity contribution in [3.8, 4) is 11.4 Å². The molecule has 5 nitrogen and oxygen atoms in total. The van der Waals surface area contributed by atoms with Gasteiger partial charge >= 0.3 is 0 Å². The first-order chi connectivity index (χ1) is 13.6. The highest BCUT2D eigenvalue weighted by atomic mass is 32.2. The summed E-state index contributed by atoms with van der Waals surface area (Å²) in [6.45, 7) is 6.85. The first-order valence-corrected chi connectivity index (χ1v) is 10.4. The van der Waals surface area contributed by atoms with E-state index in [4.69, 9.17) is 9.72 Å². The summed E-state index contributed by atoms with van der Waals surface area (Å²) in [6, 6.07) is 15.5. The largest absolute Gasteiger partial charge is 0.494 e. The van der Waals surface area contributed by atoms with Gasteiger partial charge in [-0.15, -0.1) is 0 Å². The molecule has 0 aliphatic carbocycles. The summed E-state index contributed by atoms with van der Waals surface area (Å²) in [7, 11) is 0. The van der Waals surface area contributed by atoms with Crippen LogP contribution in [0.25, 0.3) is 27.6 Å². The molecule has 0 unspecified atom stereocenters.